The highest BCUT2D eigenvalue weighted by Crippen LogP contribution is 2.70. The maximum atomic E-state index is 12.0. The minimum Gasteiger partial charge on any atom is -0.396 e. The zero-order valence-corrected chi connectivity index (χ0v) is 40.9. The highest BCUT2D eigenvalue weighted by atomic mass is 16.7. The van der Waals surface area contributed by atoms with Gasteiger partial charge in [0.05, 0.1) is 44.2 Å². The molecule has 5 aliphatic carbocycles. The Morgan fingerprint density at radius 2 is 1.09 bits per heavy atom. The molecule has 0 aromatic heterocycles. The van der Waals surface area contributed by atoms with Crippen molar-refractivity contribution in [2.24, 2.45) is 52.3 Å². The number of aliphatic hydroxyl groups is 14. The van der Waals surface area contributed by atoms with Crippen molar-refractivity contribution in [1.29, 1.82) is 0 Å². The summed E-state index contributed by atoms with van der Waals surface area (Å²) in [5.74, 6) is -0.191. The van der Waals surface area contributed by atoms with Crippen molar-refractivity contribution >= 4 is 0 Å². The summed E-state index contributed by atoms with van der Waals surface area (Å²) >= 11 is 0. The summed E-state index contributed by atoms with van der Waals surface area (Å²) in [6.07, 6.45) is -21.1. The Morgan fingerprint density at radius 3 is 1.67 bits per heavy atom. The fourth-order valence-corrected chi connectivity index (χ4v) is 15.3. The predicted molar refractivity (Wildman–Crippen MR) is 240 cm³/mol. The van der Waals surface area contributed by atoms with E-state index in [9.17, 15) is 71.5 Å². The molecule has 14 N–H and O–H groups in total. The Bertz CT molecular complexity index is 1680. The number of fused-ring (bicyclic) bond motifs is 5. The van der Waals surface area contributed by atoms with E-state index in [1.807, 2.05) is 0 Å². The highest BCUT2D eigenvalue weighted by molar-refractivity contribution is 5.15. The Balaban J connectivity index is 1.06. The Kier molecular flexibility index (Phi) is 17.7. The average Bonchev–Trinajstić information content (AvgIpc) is 3.71. The maximum Gasteiger partial charge on any atom is 0.187 e. The standard InChI is InChI=1S/C49H84O21/c1-5-8-20(2)23-10-11-24-32-25(15-31(49(23,24)4)64-27-13-21(16-50)43(38(59)33(27)54)69-46-40(61)36(57)34(55)28(17-51)66-46)48(3)12-7-6-9-22(48)14-26(32)65-45-42(63)39(60)44(30(19-53)68-45)70-47-41(62)37(58)35(56)29(18-52)67-47/h20-47,50-63H,5-19H2,1-4H3/t20?,21?,22-,23?,24-,25?,26?,27?,28?,29?,30?,31?,32-,33?,34?,35?,36?,37?,38?,39?,40?,41?,42?,43?,44?,45?,46?,47?,48?,49?/m0/s1. The molecule has 0 aromatic rings. The van der Waals surface area contributed by atoms with Crippen molar-refractivity contribution in [3.8, 4) is 0 Å². The van der Waals surface area contributed by atoms with Crippen molar-refractivity contribution in [3.05, 3.63) is 0 Å². The van der Waals surface area contributed by atoms with Crippen LogP contribution in [-0.4, -0.2) is 227 Å². The predicted octanol–water partition coefficient (Wildman–Crippen LogP) is -2.63. The van der Waals surface area contributed by atoms with Crippen LogP contribution in [0.3, 0.4) is 0 Å². The Morgan fingerprint density at radius 1 is 0.529 bits per heavy atom. The molecule has 5 saturated carbocycles. The molecule has 0 bridgehead atoms. The van der Waals surface area contributed by atoms with Gasteiger partial charge in [0.2, 0.25) is 0 Å². The lowest BCUT2D eigenvalue weighted by atomic mass is 9.43. The lowest BCUT2D eigenvalue weighted by Crippen LogP contribution is -2.67. The monoisotopic (exact) mass is 1010 g/mol. The van der Waals surface area contributed by atoms with Gasteiger partial charge >= 0.3 is 0 Å². The first-order valence-electron chi connectivity index (χ1n) is 26.1. The molecule has 8 rings (SSSR count). The number of hydrogen-bond donors (Lipinski definition) is 14. The van der Waals surface area contributed by atoms with Gasteiger partial charge in [0.1, 0.15) is 85.5 Å². The maximum absolute atomic E-state index is 12.0. The summed E-state index contributed by atoms with van der Waals surface area (Å²) in [6, 6.07) is 0. The largest absolute Gasteiger partial charge is 0.396 e. The molecule has 3 aliphatic heterocycles. The van der Waals surface area contributed by atoms with Crippen LogP contribution < -0.4 is 0 Å². The number of hydrogen-bond acceptors (Lipinski definition) is 21. The van der Waals surface area contributed by atoms with Crippen molar-refractivity contribution < 1.29 is 105 Å². The van der Waals surface area contributed by atoms with Gasteiger partial charge in [0, 0.05) is 17.9 Å². The second-order valence-electron chi connectivity index (χ2n) is 22.8. The molecule has 27 unspecified atom stereocenters. The van der Waals surface area contributed by atoms with E-state index in [-0.39, 0.29) is 47.3 Å². The second kappa shape index (κ2) is 22.4. The molecule has 3 saturated heterocycles. The second-order valence-corrected chi connectivity index (χ2v) is 22.8. The van der Waals surface area contributed by atoms with Gasteiger partial charge < -0.3 is 105 Å². The van der Waals surface area contributed by atoms with Crippen molar-refractivity contribution in [1.82, 2.24) is 0 Å². The third-order valence-electron chi connectivity index (χ3n) is 19.2. The van der Waals surface area contributed by atoms with Crippen LogP contribution in [0.2, 0.25) is 0 Å². The highest BCUT2D eigenvalue weighted by Gasteiger charge is 2.68. The zero-order valence-electron chi connectivity index (χ0n) is 40.9. The first-order chi connectivity index (χ1) is 33.3. The van der Waals surface area contributed by atoms with Crippen LogP contribution in [-0.2, 0) is 33.2 Å². The average molecular weight is 1010 g/mol. The number of rotatable bonds is 15. The zero-order chi connectivity index (χ0) is 50.7. The normalized spacial score (nSPS) is 54.5. The summed E-state index contributed by atoms with van der Waals surface area (Å²) in [6.45, 7) is 6.47. The first kappa shape index (κ1) is 55.4. The van der Waals surface area contributed by atoms with Gasteiger partial charge in [-0.3, -0.25) is 0 Å². The lowest BCUT2D eigenvalue weighted by Gasteiger charge is -2.65. The van der Waals surface area contributed by atoms with Gasteiger partial charge in [-0.1, -0.05) is 53.4 Å². The minimum absolute atomic E-state index is 0.00776. The molecular formula is C49H84O21. The van der Waals surface area contributed by atoms with Gasteiger partial charge in [-0.15, -0.1) is 0 Å². The molecule has 8 aliphatic rings. The smallest absolute Gasteiger partial charge is 0.187 e. The quantitative estimate of drug-likeness (QED) is 0.0747. The van der Waals surface area contributed by atoms with Gasteiger partial charge in [0.15, 0.2) is 18.9 Å². The molecule has 30 atom stereocenters. The van der Waals surface area contributed by atoms with E-state index in [1.54, 1.807) is 0 Å². The van der Waals surface area contributed by atoms with Crippen LogP contribution in [0.15, 0.2) is 0 Å². The fourth-order valence-electron chi connectivity index (χ4n) is 15.3. The molecule has 21 nitrogen and oxygen atoms in total. The van der Waals surface area contributed by atoms with Crippen LogP contribution in [0, 0.1) is 52.3 Å². The molecule has 0 amide bonds. The summed E-state index contributed by atoms with van der Waals surface area (Å²) in [4.78, 5) is 0. The van der Waals surface area contributed by atoms with E-state index >= 15 is 0 Å². The molecule has 0 aromatic carbocycles. The van der Waals surface area contributed by atoms with E-state index in [1.165, 1.54) is 0 Å². The topological polar surface area (TPSA) is 348 Å². The van der Waals surface area contributed by atoms with Crippen molar-refractivity contribution in [2.45, 2.75) is 227 Å². The Labute approximate surface area is 409 Å². The molecular weight excluding hydrogens is 925 g/mol. The third kappa shape index (κ3) is 9.80. The minimum atomic E-state index is -1.80. The van der Waals surface area contributed by atoms with E-state index < -0.39 is 167 Å². The molecule has 0 spiro atoms. The molecule has 21 heteroatoms. The van der Waals surface area contributed by atoms with Crippen LogP contribution in [0.25, 0.3) is 0 Å². The third-order valence-corrected chi connectivity index (χ3v) is 19.2. The van der Waals surface area contributed by atoms with E-state index in [0.717, 1.165) is 51.4 Å². The summed E-state index contributed by atoms with van der Waals surface area (Å²) in [7, 11) is 0. The van der Waals surface area contributed by atoms with Crippen LogP contribution in [0.1, 0.15) is 98.3 Å². The number of aliphatic hydroxyl groups excluding tert-OH is 14. The van der Waals surface area contributed by atoms with Crippen LogP contribution in [0.5, 0.6) is 0 Å². The molecule has 70 heavy (non-hydrogen) atoms. The van der Waals surface area contributed by atoms with Gasteiger partial charge in [0.25, 0.3) is 0 Å². The lowest BCUT2D eigenvalue weighted by molar-refractivity contribution is -0.369. The summed E-state index contributed by atoms with van der Waals surface area (Å²) in [5.41, 5.74) is -0.646. The Hall–Kier alpha value is -0.840. The van der Waals surface area contributed by atoms with Crippen LogP contribution in [0.4, 0.5) is 0 Å². The van der Waals surface area contributed by atoms with E-state index in [2.05, 4.69) is 27.7 Å². The van der Waals surface area contributed by atoms with Gasteiger partial charge in [-0.2, -0.15) is 0 Å². The number of ether oxygens (including phenoxy) is 7. The van der Waals surface area contributed by atoms with E-state index in [4.69, 9.17) is 33.2 Å². The molecule has 3 heterocycles. The molecule has 8 fully saturated rings. The summed E-state index contributed by atoms with van der Waals surface area (Å²) in [5, 5.41) is 151. The van der Waals surface area contributed by atoms with Crippen molar-refractivity contribution in [3.63, 3.8) is 0 Å². The SMILES string of the molecule is CCCC(C)C1CC[C@H]2[C@@H]3C(OC4OC(CO)C(OC5OC(CO)C(O)C(O)C5O)C(O)C4O)C[C@@H]4CCCCC4(C)C3CC(OC3CC(CO)C(OC4OC(CO)C(O)C(O)C4O)C(O)C3O)C12C. The van der Waals surface area contributed by atoms with E-state index in [0.29, 0.717) is 12.8 Å². The fraction of sp³-hybridized carbons (Fsp3) is 1.00. The van der Waals surface area contributed by atoms with Gasteiger partial charge in [-0.25, -0.2) is 0 Å². The van der Waals surface area contributed by atoms with Crippen LogP contribution >= 0.6 is 0 Å². The molecule has 406 valence electrons. The first-order valence-corrected chi connectivity index (χ1v) is 26.1. The van der Waals surface area contributed by atoms with Crippen molar-refractivity contribution in [2.75, 3.05) is 26.4 Å². The van der Waals surface area contributed by atoms with Gasteiger partial charge in [-0.05, 0) is 85.9 Å². The summed E-state index contributed by atoms with van der Waals surface area (Å²) < 4.78 is 43.4. The molecule has 0 radical (unpaired) electrons.